The Kier molecular flexibility index (Phi) is 4.27. The number of fused-ring (bicyclic) bond motifs is 1. The Balaban J connectivity index is 1.23. The molecule has 1 aromatic rings. The van der Waals surface area contributed by atoms with Crippen LogP contribution in [0.2, 0.25) is 0 Å². The molecule has 2 N–H and O–H groups in total. The van der Waals surface area contributed by atoms with E-state index in [9.17, 15) is 4.79 Å². The summed E-state index contributed by atoms with van der Waals surface area (Å²) in [5.41, 5.74) is 1.86. The Hall–Kier alpha value is -1.53. The largest absolute Gasteiger partial charge is 0.354 e. The first-order valence-electron chi connectivity index (χ1n) is 8.82. The van der Waals surface area contributed by atoms with E-state index in [-0.39, 0.29) is 11.9 Å². The molecular weight excluding hydrogens is 290 g/mol. The molecule has 1 saturated carbocycles. The van der Waals surface area contributed by atoms with Gasteiger partial charge >= 0.3 is 0 Å². The van der Waals surface area contributed by atoms with Gasteiger partial charge in [-0.15, -0.1) is 0 Å². The first-order valence-corrected chi connectivity index (χ1v) is 8.82. The molecular formula is C17H25N5O. The molecule has 3 aliphatic rings. The van der Waals surface area contributed by atoms with E-state index in [1.807, 2.05) is 0 Å². The molecule has 2 fully saturated rings. The number of hydrogen-bond acceptors (Lipinski definition) is 5. The van der Waals surface area contributed by atoms with Gasteiger partial charge in [-0.1, -0.05) is 0 Å². The normalized spacial score (nSPS) is 25.3. The average Bonchev–Trinajstić information content (AvgIpc) is 3.29. The van der Waals surface area contributed by atoms with E-state index in [2.05, 4.69) is 25.5 Å². The zero-order valence-corrected chi connectivity index (χ0v) is 13.5. The SMILES string of the molecule is O=C(NCC1CCN(CC2CC2)CC1)C1NCc2ncncc21. The second-order valence-corrected chi connectivity index (χ2v) is 7.17. The van der Waals surface area contributed by atoms with Crippen molar-refractivity contribution in [1.29, 1.82) is 0 Å². The van der Waals surface area contributed by atoms with Gasteiger partial charge in [0.2, 0.25) is 5.91 Å². The molecule has 1 aliphatic carbocycles. The number of amides is 1. The fraction of sp³-hybridized carbons (Fsp3) is 0.706. The van der Waals surface area contributed by atoms with Gasteiger partial charge in [0.05, 0.1) is 5.69 Å². The van der Waals surface area contributed by atoms with Crippen LogP contribution < -0.4 is 10.6 Å². The topological polar surface area (TPSA) is 70.2 Å². The van der Waals surface area contributed by atoms with Crippen LogP contribution in [0.25, 0.3) is 0 Å². The number of nitrogens with one attached hydrogen (secondary N) is 2. The standard InChI is InChI=1S/C17H25N5O/c23-17(16-14-8-18-11-21-15(14)9-19-16)20-7-12-3-5-22(6-4-12)10-13-1-2-13/h8,11-13,16,19H,1-7,9-10H2,(H,20,23). The average molecular weight is 315 g/mol. The van der Waals surface area contributed by atoms with E-state index in [1.165, 1.54) is 51.6 Å². The summed E-state index contributed by atoms with van der Waals surface area (Å²) in [6.07, 6.45) is 8.54. The number of hydrogen-bond donors (Lipinski definition) is 2. The first kappa shape index (κ1) is 15.0. The lowest BCUT2D eigenvalue weighted by Gasteiger charge is -2.32. The number of carbonyl (C=O) groups excluding carboxylic acids is 1. The summed E-state index contributed by atoms with van der Waals surface area (Å²) >= 11 is 0. The van der Waals surface area contributed by atoms with Crippen LogP contribution in [0.3, 0.4) is 0 Å². The summed E-state index contributed by atoms with van der Waals surface area (Å²) in [4.78, 5) is 23.3. The van der Waals surface area contributed by atoms with Crippen molar-refractivity contribution < 1.29 is 4.79 Å². The lowest BCUT2D eigenvalue weighted by Crippen LogP contribution is -2.41. The van der Waals surface area contributed by atoms with Gasteiger partial charge in [0.25, 0.3) is 0 Å². The number of carbonyl (C=O) groups is 1. The highest BCUT2D eigenvalue weighted by atomic mass is 16.2. The second-order valence-electron chi connectivity index (χ2n) is 7.17. The second kappa shape index (κ2) is 6.53. The van der Waals surface area contributed by atoms with Gasteiger partial charge in [-0.25, -0.2) is 9.97 Å². The van der Waals surface area contributed by atoms with Gasteiger partial charge in [-0.2, -0.15) is 0 Å². The maximum absolute atomic E-state index is 12.4. The van der Waals surface area contributed by atoms with Crippen molar-refractivity contribution in [2.24, 2.45) is 11.8 Å². The molecule has 1 aromatic heterocycles. The summed E-state index contributed by atoms with van der Waals surface area (Å²) in [6.45, 7) is 5.11. The van der Waals surface area contributed by atoms with Crippen molar-refractivity contribution in [2.75, 3.05) is 26.2 Å². The van der Waals surface area contributed by atoms with E-state index >= 15 is 0 Å². The monoisotopic (exact) mass is 315 g/mol. The van der Waals surface area contributed by atoms with Gasteiger partial charge in [0.1, 0.15) is 12.4 Å². The van der Waals surface area contributed by atoms with Gasteiger partial charge in [-0.05, 0) is 50.6 Å². The smallest absolute Gasteiger partial charge is 0.241 e. The Morgan fingerprint density at radius 2 is 2.09 bits per heavy atom. The predicted octanol–water partition coefficient (Wildman–Crippen LogP) is 0.859. The van der Waals surface area contributed by atoms with Crippen LogP contribution in [0.5, 0.6) is 0 Å². The quantitative estimate of drug-likeness (QED) is 0.843. The maximum atomic E-state index is 12.4. The summed E-state index contributed by atoms with van der Waals surface area (Å²) in [5.74, 6) is 1.64. The minimum Gasteiger partial charge on any atom is -0.354 e. The summed E-state index contributed by atoms with van der Waals surface area (Å²) in [7, 11) is 0. The predicted molar refractivity (Wildman–Crippen MR) is 86.5 cm³/mol. The van der Waals surface area contributed by atoms with Crippen molar-refractivity contribution >= 4 is 5.91 Å². The molecule has 0 bridgehead atoms. The Bertz CT molecular complexity index is 566. The lowest BCUT2D eigenvalue weighted by molar-refractivity contribution is -0.123. The molecule has 1 unspecified atom stereocenters. The molecule has 1 atom stereocenters. The third-order valence-corrected chi connectivity index (χ3v) is 5.36. The highest BCUT2D eigenvalue weighted by Crippen LogP contribution is 2.31. The number of piperidine rings is 1. The third kappa shape index (κ3) is 3.53. The highest BCUT2D eigenvalue weighted by Gasteiger charge is 2.30. The van der Waals surface area contributed by atoms with Crippen LogP contribution in [0, 0.1) is 11.8 Å². The molecule has 6 nitrogen and oxygen atoms in total. The fourth-order valence-electron chi connectivity index (χ4n) is 3.68. The zero-order chi connectivity index (χ0) is 15.6. The molecule has 124 valence electrons. The van der Waals surface area contributed by atoms with Gasteiger partial charge in [-0.3, -0.25) is 10.1 Å². The van der Waals surface area contributed by atoms with Crippen molar-refractivity contribution in [2.45, 2.75) is 38.3 Å². The lowest BCUT2D eigenvalue weighted by atomic mass is 9.96. The van der Waals surface area contributed by atoms with Crippen LogP contribution in [-0.2, 0) is 11.3 Å². The first-order chi connectivity index (χ1) is 11.3. The van der Waals surface area contributed by atoms with Crippen LogP contribution in [0.4, 0.5) is 0 Å². The molecule has 23 heavy (non-hydrogen) atoms. The van der Waals surface area contributed by atoms with Crippen molar-refractivity contribution in [1.82, 2.24) is 25.5 Å². The van der Waals surface area contributed by atoms with Gasteiger partial charge in [0, 0.05) is 31.4 Å². The minimum atomic E-state index is -0.291. The van der Waals surface area contributed by atoms with Crippen LogP contribution in [0.15, 0.2) is 12.5 Å². The van der Waals surface area contributed by atoms with E-state index in [4.69, 9.17) is 0 Å². The molecule has 6 heteroatoms. The summed E-state index contributed by atoms with van der Waals surface area (Å²) in [6, 6.07) is -0.291. The fourth-order valence-corrected chi connectivity index (χ4v) is 3.68. The summed E-state index contributed by atoms with van der Waals surface area (Å²) < 4.78 is 0. The molecule has 1 amide bonds. The van der Waals surface area contributed by atoms with Crippen LogP contribution >= 0.6 is 0 Å². The Morgan fingerprint density at radius 3 is 2.87 bits per heavy atom. The number of nitrogens with zero attached hydrogens (tertiary/aromatic N) is 3. The van der Waals surface area contributed by atoms with Crippen molar-refractivity contribution in [3.05, 3.63) is 23.8 Å². The van der Waals surface area contributed by atoms with Gasteiger partial charge in [0.15, 0.2) is 0 Å². The van der Waals surface area contributed by atoms with Crippen molar-refractivity contribution in [3.8, 4) is 0 Å². The molecule has 0 spiro atoms. The molecule has 3 heterocycles. The molecule has 2 aliphatic heterocycles. The highest BCUT2D eigenvalue weighted by molar-refractivity contribution is 5.84. The number of aromatic nitrogens is 2. The van der Waals surface area contributed by atoms with E-state index in [1.54, 1.807) is 6.20 Å². The summed E-state index contributed by atoms with van der Waals surface area (Å²) in [5, 5.41) is 6.35. The minimum absolute atomic E-state index is 0.0546. The van der Waals surface area contributed by atoms with E-state index < -0.39 is 0 Å². The maximum Gasteiger partial charge on any atom is 0.241 e. The van der Waals surface area contributed by atoms with Crippen LogP contribution in [0.1, 0.15) is 43.0 Å². The van der Waals surface area contributed by atoms with E-state index in [0.717, 1.165) is 23.7 Å². The number of likely N-dealkylation sites (tertiary alicyclic amines) is 1. The van der Waals surface area contributed by atoms with E-state index in [0.29, 0.717) is 12.5 Å². The Morgan fingerprint density at radius 1 is 1.26 bits per heavy atom. The molecule has 4 rings (SSSR count). The van der Waals surface area contributed by atoms with Crippen LogP contribution in [-0.4, -0.2) is 47.0 Å². The third-order valence-electron chi connectivity index (χ3n) is 5.36. The Labute approximate surface area is 137 Å². The van der Waals surface area contributed by atoms with Gasteiger partial charge < -0.3 is 10.2 Å². The zero-order valence-electron chi connectivity index (χ0n) is 13.5. The van der Waals surface area contributed by atoms with Crippen molar-refractivity contribution in [3.63, 3.8) is 0 Å². The molecule has 1 saturated heterocycles. The number of rotatable bonds is 5. The molecule has 0 radical (unpaired) electrons. The molecule has 0 aromatic carbocycles.